The largest absolute Gasteiger partial charge is 0.311 e. The normalized spacial score (nSPS) is 13.0. The Balaban J connectivity index is 0.989. The molecule has 0 N–H and O–H groups in total. The lowest BCUT2D eigenvalue weighted by atomic mass is 9.30. The molecule has 13 aromatic carbocycles. The minimum Gasteiger partial charge on any atom is -0.311 e. The third-order valence-corrected chi connectivity index (χ3v) is 18.8. The van der Waals surface area contributed by atoms with E-state index < -0.39 is 0 Å². The zero-order chi connectivity index (χ0) is 56.1. The van der Waals surface area contributed by atoms with Gasteiger partial charge in [0.2, 0.25) is 0 Å². The van der Waals surface area contributed by atoms with Crippen LogP contribution in [-0.2, 0) is 0 Å². The zero-order valence-electron chi connectivity index (χ0n) is 46.7. The van der Waals surface area contributed by atoms with E-state index in [0.717, 1.165) is 45.5 Å². The van der Waals surface area contributed by atoms with Crippen molar-refractivity contribution in [1.82, 2.24) is 9.13 Å². The molecule has 0 radical (unpaired) electrons. The minimum atomic E-state index is -0.119. The molecule has 8 heteroatoms. The number of benzene rings is 13. The molecule has 0 atom stereocenters. The van der Waals surface area contributed by atoms with Crippen molar-refractivity contribution in [3.8, 4) is 11.4 Å². The molecule has 6 heterocycles. The van der Waals surface area contributed by atoms with Crippen LogP contribution in [0.3, 0.4) is 0 Å². The van der Waals surface area contributed by atoms with Gasteiger partial charge in [-0.15, -0.1) is 0 Å². The van der Waals surface area contributed by atoms with Crippen LogP contribution in [0.25, 0.3) is 55.0 Å². The predicted octanol–water partition coefficient (Wildman–Crippen LogP) is 16.0. The van der Waals surface area contributed by atoms with Crippen LogP contribution >= 0.6 is 0 Å². The summed E-state index contributed by atoms with van der Waals surface area (Å²) in [6, 6.07) is 113. The summed E-state index contributed by atoms with van der Waals surface area (Å²) in [6.07, 6.45) is 0. The zero-order valence-corrected chi connectivity index (χ0v) is 46.7. The first-order valence-corrected chi connectivity index (χ1v) is 29.8. The maximum Gasteiger partial charge on any atom is 0.252 e. The van der Waals surface area contributed by atoms with Crippen LogP contribution in [0.1, 0.15) is 0 Å². The molecule has 0 spiro atoms. The number of para-hydroxylation sites is 10. The third-order valence-electron chi connectivity index (χ3n) is 18.8. The third kappa shape index (κ3) is 6.47. The molecule has 0 saturated heterocycles. The molecule has 6 nitrogen and oxygen atoms in total. The van der Waals surface area contributed by atoms with Crippen LogP contribution in [-0.4, -0.2) is 22.6 Å². The molecule has 0 aliphatic carbocycles. The van der Waals surface area contributed by atoms with E-state index in [1.165, 1.54) is 111 Å². The van der Waals surface area contributed by atoms with E-state index >= 15 is 0 Å². The van der Waals surface area contributed by atoms with Crippen molar-refractivity contribution in [3.63, 3.8) is 0 Å². The molecule has 4 aliphatic heterocycles. The number of nitrogens with zero attached hydrogens (tertiary/aromatic N) is 6. The van der Waals surface area contributed by atoms with Gasteiger partial charge in [0, 0.05) is 89.8 Å². The van der Waals surface area contributed by atoms with Gasteiger partial charge in [-0.3, -0.25) is 0 Å². The molecule has 0 saturated carbocycles. The van der Waals surface area contributed by atoms with E-state index in [4.69, 9.17) is 0 Å². The molecule has 15 aromatic rings. The van der Waals surface area contributed by atoms with E-state index in [9.17, 15) is 0 Å². The van der Waals surface area contributed by atoms with Gasteiger partial charge in [0.15, 0.2) is 0 Å². The highest BCUT2D eigenvalue weighted by atomic mass is 15.2. The first-order valence-electron chi connectivity index (χ1n) is 29.8. The van der Waals surface area contributed by atoms with Crippen molar-refractivity contribution in [3.05, 3.63) is 303 Å². The van der Waals surface area contributed by atoms with Crippen molar-refractivity contribution in [2.24, 2.45) is 0 Å². The topological polar surface area (TPSA) is 22.8 Å². The summed E-state index contributed by atoms with van der Waals surface area (Å²) in [4.78, 5) is 10.0. The second-order valence-electron chi connectivity index (χ2n) is 23.1. The molecule has 0 fully saturated rings. The lowest BCUT2D eigenvalue weighted by Gasteiger charge is -2.43. The lowest BCUT2D eigenvalue weighted by molar-refractivity contribution is 1.14. The van der Waals surface area contributed by atoms with Gasteiger partial charge in [0.1, 0.15) is 0 Å². The monoisotopic (exact) mass is 1090 g/mol. The van der Waals surface area contributed by atoms with Crippen molar-refractivity contribution in [2.75, 3.05) is 19.6 Å². The van der Waals surface area contributed by atoms with E-state index in [-0.39, 0.29) is 13.4 Å². The SMILES string of the molecule is c1ccc(N2c3ccccc3B3c4cc5c(cc4-n4c6ccccc6c6c(N(c7ccccc7)c7ccccc7)cc2c3c64)-n2c3ccccc3c3c(N(c4ccccc4)c4ccccc4)cc4c(c32)B5c2ccccc2N4c2ccccc2)cc1. The molecule has 4 aliphatic rings. The molecule has 0 amide bonds. The highest BCUT2D eigenvalue weighted by Crippen LogP contribution is 2.52. The fourth-order valence-corrected chi connectivity index (χ4v) is 15.5. The first kappa shape index (κ1) is 47.3. The Kier molecular flexibility index (Phi) is 9.98. The van der Waals surface area contributed by atoms with Gasteiger partial charge < -0.3 is 28.7 Å². The van der Waals surface area contributed by atoms with Gasteiger partial charge in [-0.1, -0.05) is 188 Å². The molecule has 86 heavy (non-hydrogen) atoms. The maximum atomic E-state index is 2.66. The molecule has 0 bridgehead atoms. The smallest absolute Gasteiger partial charge is 0.252 e. The summed E-state index contributed by atoms with van der Waals surface area (Å²) in [6.45, 7) is -0.238. The molecular formula is C78H50B2N6. The van der Waals surface area contributed by atoms with Crippen LogP contribution < -0.4 is 52.4 Å². The summed E-state index contributed by atoms with van der Waals surface area (Å²) < 4.78 is 5.31. The molecule has 0 unspecified atom stereocenters. The number of hydrogen-bond donors (Lipinski definition) is 0. The highest BCUT2D eigenvalue weighted by Gasteiger charge is 2.48. The fourth-order valence-electron chi connectivity index (χ4n) is 15.5. The Morgan fingerprint density at radius 3 is 0.965 bits per heavy atom. The van der Waals surface area contributed by atoms with Crippen molar-refractivity contribution >= 4 is 158 Å². The van der Waals surface area contributed by atoms with Gasteiger partial charge in [0.25, 0.3) is 13.4 Å². The maximum absolute atomic E-state index is 2.66. The van der Waals surface area contributed by atoms with Crippen LogP contribution in [0.4, 0.5) is 68.2 Å². The molecule has 2 aromatic heterocycles. The van der Waals surface area contributed by atoms with Gasteiger partial charge in [-0.25, -0.2) is 0 Å². The Morgan fingerprint density at radius 1 is 0.256 bits per heavy atom. The van der Waals surface area contributed by atoms with Gasteiger partial charge in [0.05, 0.1) is 33.4 Å². The van der Waals surface area contributed by atoms with Crippen molar-refractivity contribution < 1.29 is 0 Å². The molecule has 19 rings (SSSR count). The summed E-state index contributed by atoms with van der Waals surface area (Å²) in [7, 11) is 0. The van der Waals surface area contributed by atoms with Crippen LogP contribution in [0, 0.1) is 0 Å². The van der Waals surface area contributed by atoms with E-state index in [2.05, 4.69) is 332 Å². The van der Waals surface area contributed by atoms with Crippen LogP contribution in [0.2, 0.25) is 0 Å². The molecule has 398 valence electrons. The summed E-state index contributed by atoms with van der Waals surface area (Å²) in [5.41, 5.74) is 28.6. The predicted molar refractivity (Wildman–Crippen MR) is 363 cm³/mol. The Labute approximate surface area is 498 Å². The van der Waals surface area contributed by atoms with E-state index in [1.54, 1.807) is 0 Å². The molecular weight excluding hydrogens is 1040 g/mol. The van der Waals surface area contributed by atoms with Crippen molar-refractivity contribution in [2.45, 2.75) is 0 Å². The Morgan fingerprint density at radius 2 is 0.581 bits per heavy atom. The highest BCUT2D eigenvalue weighted by molar-refractivity contribution is 7.03. The Bertz CT molecular complexity index is 4860. The number of hydrogen-bond acceptors (Lipinski definition) is 4. The quantitative estimate of drug-likeness (QED) is 0.141. The standard InChI is InChI=1S/C78H50B2N6/c1-7-27-51(28-8-1)81(52-29-9-2-10-30-52)69-49-71-75-77-73(69)57-39-19-23-43-63(57)85(77)67-48-68-62(47-61(67)79(75)59-41-21-25-45-65(59)83(71)55-35-15-5-16-36-55)80-60-42-22-26-46-66(60)84(56-37-17-6-18-38-56)72-50-70(74-58-40-20-24-44-64(58)86(68)78(74)76(72)80)82(53-31-11-3-12-32-53)54-33-13-4-14-34-54/h1-50H. The number of rotatable bonds is 8. The minimum absolute atomic E-state index is 0.119. The van der Waals surface area contributed by atoms with Gasteiger partial charge in [-0.05, 0) is 148 Å². The van der Waals surface area contributed by atoms with Gasteiger partial charge in [-0.2, -0.15) is 0 Å². The van der Waals surface area contributed by atoms with Crippen LogP contribution in [0.5, 0.6) is 0 Å². The fraction of sp³-hybridized carbons (Fsp3) is 0. The Hall–Kier alpha value is -11.2. The van der Waals surface area contributed by atoms with Gasteiger partial charge >= 0.3 is 0 Å². The second-order valence-corrected chi connectivity index (χ2v) is 23.1. The van der Waals surface area contributed by atoms with Crippen molar-refractivity contribution in [1.29, 1.82) is 0 Å². The first-order chi connectivity index (χ1) is 42.8. The average molecular weight is 1090 g/mol. The lowest BCUT2D eigenvalue weighted by Crippen LogP contribution is -2.64. The summed E-state index contributed by atoms with van der Waals surface area (Å²) in [5.74, 6) is 0. The number of aromatic nitrogens is 2. The summed E-state index contributed by atoms with van der Waals surface area (Å²) >= 11 is 0. The summed E-state index contributed by atoms with van der Waals surface area (Å²) in [5, 5.41) is 4.88. The van der Waals surface area contributed by atoms with E-state index in [1.807, 2.05) is 0 Å². The number of anilines is 12. The van der Waals surface area contributed by atoms with Crippen LogP contribution in [0.15, 0.2) is 303 Å². The average Bonchev–Trinajstić information content (AvgIpc) is 1.42. The second kappa shape index (κ2) is 18.1. The van der Waals surface area contributed by atoms with E-state index in [0.29, 0.717) is 0 Å². The number of fused-ring (bicyclic) bond motifs is 16.